The molecule has 0 radical (unpaired) electrons. The molecule has 0 saturated carbocycles. The Morgan fingerprint density at radius 2 is 2.00 bits per heavy atom. The number of aryl methyl sites for hydroxylation is 1. The number of carbonyl (C=O) groups excluding carboxylic acids is 2. The second kappa shape index (κ2) is 11.3. The van der Waals surface area contributed by atoms with Crippen LogP contribution in [0.3, 0.4) is 0 Å². The summed E-state index contributed by atoms with van der Waals surface area (Å²) in [6, 6.07) is 13.8. The van der Waals surface area contributed by atoms with E-state index in [1.165, 1.54) is 6.39 Å². The van der Waals surface area contributed by atoms with E-state index in [4.69, 9.17) is 19.5 Å². The third-order valence-electron chi connectivity index (χ3n) is 4.60. The molecule has 170 valence electrons. The van der Waals surface area contributed by atoms with Crippen molar-refractivity contribution in [1.29, 1.82) is 5.26 Å². The van der Waals surface area contributed by atoms with Gasteiger partial charge in [0, 0.05) is 23.5 Å². The molecular weight excluding hydrogens is 426 g/mol. The largest absolute Gasteiger partial charge is 0.444 e. The number of oxazole rings is 1. The standard InChI is InChI=1S/C23H23N5O5/c1-15-9-18(5-6-20(15)21-12-25-14-32-21)28-22(30)27-17-4-2-3-16(10-17)11-26-23(31)33-19(13-29)7-8-24/h2-6,9-10,12,14,19,29H,7,11,13H2,1H3,(H,26,31)(H2,27,28,30)/t19-/m1/s1. The van der Waals surface area contributed by atoms with Gasteiger partial charge in [0.15, 0.2) is 12.2 Å². The number of hydrogen-bond donors (Lipinski definition) is 4. The van der Waals surface area contributed by atoms with E-state index in [9.17, 15) is 9.59 Å². The van der Waals surface area contributed by atoms with Crippen LogP contribution in [-0.2, 0) is 11.3 Å². The fourth-order valence-corrected chi connectivity index (χ4v) is 3.03. The topological polar surface area (TPSA) is 150 Å². The van der Waals surface area contributed by atoms with Crippen molar-refractivity contribution >= 4 is 23.5 Å². The predicted octanol–water partition coefficient (Wildman–Crippen LogP) is 3.79. The zero-order chi connectivity index (χ0) is 23.6. The Morgan fingerprint density at radius 1 is 1.21 bits per heavy atom. The number of nitrogens with zero attached hydrogens (tertiary/aromatic N) is 2. The Bertz CT molecular complexity index is 1140. The summed E-state index contributed by atoms with van der Waals surface area (Å²) >= 11 is 0. The van der Waals surface area contributed by atoms with Crippen molar-refractivity contribution in [2.75, 3.05) is 17.2 Å². The molecule has 10 nitrogen and oxygen atoms in total. The molecule has 0 fully saturated rings. The molecule has 10 heteroatoms. The molecule has 0 aliphatic heterocycles. The van der Waals surface area contributed by atoms with Crippen molar-refractivity contribution in [3.05, 3.63) is 66.2 Å². The first-order valence-corrected chi connectivity index (χ1v) is 10.1. The fraction of sp³-hybridized carbons (Fsp3) is 0.217. The number of nitrogens with one attached hydrogen (secondary N) is 3. The van der Waals surface area contributed by atoms with Gasteiger partial charge in [-0.15, -0.1) is 0 Å². The van der Waals surface area contributed by atoms with Gasteiger partial charge in [-0.1, -0.05) is 12.1 Å². The fourth-order valence-electron chi connectivity index (χ4n) is 3.03. The van der Waals surface area contributed by atoms with Gasteiger partial charge >= 0.3 is 12.1 Å². The average molecular weight is 449 g/mol. The number of rotatable bonds is 8. The molecule has 1 atom stereocenters. The van der Waals surface area contributed by atoms with Gasteiger partial charge in [-0.3, -0.25) is 0 Å². The number of amides is 3. The molecule has 0 unspecified atom stereocenters. The maximum atomic E-state index is 12.4. The summed E-state index contributed by atoms with van der Waals surface area (Å²) in [7, 11) is 0. The third-order valence-corrected chi connectivity index (χ3v) is 4.60. The highest BCUT2D eigenvalue weighted by Crippen LogP contribution is 2.25. The highest BCUT2D eigenvalue weighted by molar-refractivity contribution is 6.00. The highest BCUT2D eigenvalue weighted by atomic mass is 16.6. The van der Waals surface area contributed by atoms with Crippen molar-refractivity contribution < 1.29 is 23.8 Å². The summed E-state index contributed by atoms with van der Waals surface area (Å²) < 4.78 is 10.3. The summed E-state index contributed by atoms with van der Waals surface area (Å²) in [5.41, 5.74) is 3.67. The number of aromatic nitrogens is 1. The van der Waals surface area contributed by atoms with E-state index in [2.05, 4.69) is 20.9 Å². The molecule has 0 bridgehead atoms. The van der Waals surface area contributed by atoms with Gasteiger partial charge < -0.3 is 30.2 Å². The number of aliphatic hydroxyl groups is 1. The molecule has 0 spiro atoms. The first kappa shape index (κ1) is 23.3. The second-order valence-electron chi connectivity index (χ2n) is 7.10. The summed E-state index contributed by atoms with van der Waals surface area (Å²) in [6.45, 7) is 1.62. The Morgan fingerprint density at radius 3 is 2.67 bits per heavy atom. The van der Waals surface area contributed by atoms with Gasteiger partial charge in [0.2, 0.25) is 0 Å². The zero-order valence-electron chi connectivity index (χ0n) is 17.9. The van der Waals surface area contributed by atoms with E-state index < -0.39 is 24.8 Å². The Labute approximate surface area is 190 Å². The van der Waals surface area contributed by atoms with Crippen LogP contribution in [0.5, 0.6) is 0 Å². The molecular formula is C23H23N5O5. The number of alkyl carbamates (subject to hydrolysis) is 1. The maximum absolute atomic E-state index is 12.4. The van der Waals surface area contributed by atoms with Crippen molar-refractivity contribution in [2.45, 2.75) is 26.0 Å². The number of carbonyl (C=O) groups is 2. The van der Waals surface area contributed by atoms with E-state index in [1.54, 1.807) is 36.5 Å². The lowest BCUT2D eigenvalue weighted by Gasteiger charge is -2.13. The van der Waals surface area contributed by atoms with E-state index in [1.807, 2.05) is 25.1 Å². The molecule has 0 aliphatic rings. The van der Waals surface area contributed by atoms with Crippen LogP contribution in [0.4, 0.5) is 21.0 Å². The summed E-state index contributed by atoms with van der Waals surface area (Å²) in [5, 5.41) is 25.8. The van der Waals surface area contributed by atoms with Crippen molar-refractivity contribution in [2.24, 2.45) is 0 Å². The van der Waals surface area contributed by atoms with Crippen molar-refractivity contribution in [3.8, 4) is 17.4 Å². The van der Waals surface area contributed by atoms with Gasteiger partial charge in [-0.2, -0.15) is 5.26 Å². The summed E-state index contributed by atoms with van der Waals surface area (Å²) in [5.74, 6) is 0.648. The number of benzene rings is 2. The van der Waals surface area contributed by atoms with Crippen LogP contribution >= 0.6 is 0 Å². The van der Waals surface area contributed by atoms with Gasteiger partial charge in [0.25, 0.3) is 0 Å². The van der Waals surface area contributed by atoms with Crippen molar-refractivity contribution in [1.82, 2.24) is 10.3 Å². The minimum atomic E-state index is -0.875. The lowest BCUT2D eigenvalue weighted by Crippen LogP contribution is -2.30. The molecule has 1 heterocycles. The SMILES string of the molecule is Cc1cc(NC(=O)Nc2cccc(CNC(=O)O[C@@H](CO)CC#N)c2)ccc1-c1cnco1. The molecule has 1 aromatic heterocycles. The lowest BCUT2D eigenvalue weighted by atomic mass is 10.1. The van der Waals surface area contributed by atoms with Crippen molar-refractivity contribution in [3.63, 3.8) is 0 Å². The minimum absolute atomic E-state index is 0.0965. The summed E-state index contributed by atoms with van der Waals surface area (Å²) in [4.78, 5) is 28.1. The Balaban J connectivity index is 1.53. The minimum Gasteiger partial charge on any atom is -0.444 e. The molecule has 33 heavy (non-hydrogen) atoms. The van der Waals surface area contributed by atoms with Crippen LogP contribution in [0.2, 0.25) is 0 Å². The molecule has 0 aliphatic carbocycles. The summed E-state index contributed by atoms with van der Waals surface area (Å²) in [6.07, 6.45) is 1.27. The van der Waals surface area contributed by atoms with E-state index >= 15 is 0 Å². The van der Waals surface area contributed by atoms with Gasteiger partial charge in [-0.05, 0) is 48.4 Å². The molecule has 3 rings (SSSR count). The van der Waals surface area contributed by atoms with Crippen LogP contribution < -0.4 is 16.0 Å². The third kappa shape index (κ3) is 6.81. The number of anilines is 2. The Kier molecular flexibility index (Phi) is 7.99. The van der Waals surface area contributed by atoms with Crippen LogP contribution in [0.15, 0.2) is 59.5 Å². The van der Waals surface area contributed by atoms with E-state index in [0.29, 0.717) is 17.1 Å². The van der Waals surface area contributed by atoms with Gasteiger partial charge in [0.05, 0.1) is 25.3 Å². The van der Waals surface area contributed by atoms with Crippen LogP contribution in [0.25, 0.3) is 11.3 Å². The number of hydrogen-bond acceptors (Lipinski definition) is 7. The first-order valence-electron chi connectivity index (χ1n) is 10.1. The van der Waals surface area contributed by atoms with E-state index in [0.717, 1.165) is 16.7 Å². The average Bonchev–Trinajstić information content (AvgIpc) is 3.32. The zero-order valence-corrected chi connectivity index (χ0v) is 17.9. The second-order valence-corrected chi connectivity index (χ2v) is 7.10. The monoisotopic (exact) mass is 449 g/mol. The highest BCUT2D eigenvalue weighted by Gasteiger charge is 2.13. The lowest BCUT2D eigenvalue weighted by molar-refractivity contribution is 0.0600. The molecule has 4 N–H and O–H groups in total. The quantitative estimate of drug-likeness (QED) is 0.408. The first-order chi connectivity index (χ1) is 16.0. The van der Waals surface area contributed by atoms with Gasteiger partial charge in [0.1, 0.15) is 6.10 Å². The number of urea groups is 1. The maximum Gasteiger partial charge on any atom is 0.407 e. The predicted molar refractivity (Wildman–Crippen MR) is 120 cm³/mol. The molecule has 2 aromatic carbocycles. The molecule has 0 saturated heterocycles. The van der Waals surface area contributed by atoms with Crippen LogP contribution in [0.1, 0.15) is 17.5 Å². The molecule has 3 amide bonds. The van der Waals surface area contributed by atoms with Crippen LogP contribution in [-0.4, -0.2) is 34.9 Å². The van der Waals surface area contributed by atoms with Gasteiger partial charge in [-0.25, -0.2) is 14.6 Å². The van der Waals surface area contributed by atoms with Crippen LogP contribution in [0, 0.1) is 18.3 Å². The number of ether oxygens (including phenoxy) is 1. The number of aliphatic hydroxyl groups excluding tert-OH is 1. The molecule has 3 aromatic rings. The number of nitriles is 1. The Hall–Kier alpha value is -4.36. The smallest absolute Gasteiger partial charge is 0.407 e. The normalized spacial score (nSPS) is 11.2. The van der Waals surface area contributed by atoms with E-state index in [-0.39, 0.29) is 13.0 Å².